The summed E-state index contributed by atoms with van der Waals surface area (Å²) in [6.07, 6.45) is 6.21. The Morgan fingerprint density at radius 2 is 2.03 bits per heavy atom. The summed E-state index contributed by atoms with van der Waals surface area (Å²) in [7, 11) is 1.74. The van der Waals surface area contributed by atoms with E-state index in [1.54, 1.807) is 19.5 Å². The van der Waals surface area contributed by atoms with E-state index in [1.807, 2.05) is 34.7 Å². The smallest absolute Gasteiger partial charge is 0.254 e. The molecule has 202 valence electrons. The van der Waals surface area contributed by atoms with Crippen molar-refractivity contribution in [2.24, 2.45) is 0 Å². The fourth-order valence-corrected chi connectivity index (χ4v) is 5.16. The van der Waals surface area contributed by atoms with Gasteiger partial charge in [0.1, 0.15) is 17.3 Å². The minimum absolute atomic E-state index is 0.137. The SMILES string of the molecule is C1CCOC1.COC1CN(Cc2cccc(Nc3ccc(-c4cnc5cc(F)ccn45)c4c3C(=O)NC4)n2)C1. The minimum atomic E-state index is -0.339. The number of carbonyl (C=O) groups excluding carboxylic acids is 1. The van der Waals surface area contributed by atoms with Crippen molar-refractivity contribution in [2.45, 2.75) is 32.0 Å². The van der Waals surface area contributed by atoms with E-state index in [1.165, 1.54) is 25.0 Å². The predicted octanol–water partition coefficient (Wildman–Crippen LogP) is 4.15. The highest BCUT2D eigenvalue weighted by molar-refractivity contribution is 6.06. The van der Waals surface area contributed by atoms with Crippen molar-refractivity contribution in [1.82, 2.24) is 24.6 Å². The van der Waals surface area contributed by atoms with Gasteiger partial charge in [0.15, 0.2) is 0 Å². The molecule has 0 aliphatic carbocycles. The Kier molecular flexibility index (Phi) is 7.23. The van der Waals surface area contributed by atoms with E-state index in [4.69, 9.17) is 14.5 Å². The molecular formula is C29H31FN6O3. The van der Waals surface area contributed by atoms with Crippen LogP contribution in [0, 0.1) is 5.82 Å². The first-order chi connectivity index (χ1) is 19.1. The molecule has 0 atom stereocenters. The fraction of sp³-hybridized carbons (Fsp3) is 0.345. The van der Waals surface area contributed by atoms with Gasteiger partial charge < -0.3 is 20.1 Å². The molecule has 1 aromatic carbocycles. The molecule has 3 aliphatic heterocycles. The number of nitrogens with one attached hydrogen (secondary N) is 2. The standard InChI is InChI=1S/C25H23FN6O2.C4H8O/c1-34-17-13-31(14-17)12-16-3-2-4-22(29-16)30-20-6-5-18(19-10-28-25(33)24(19)20)21-11-27-23-9-15(26)7-8-32(21)23;1-2-4-5-3-1/h2-9,11,17H,10,12-14H2,1H3,(H,28,33)(H,29,30);1-4H2. The number of halogens is 1. The van der Waals surface area contributed by atoms with Crippen LogP contribution in [0.1, 0.15) is 34.5 Å². The van der Waals surface area contributed by atoms with Gasteiger partial charge in [-0.1, -0.05) is 12.1 Å². The Morgan fingerprint density at radius 1 is 1.18 bits per heavy atom. The van der Waals surface area contributed by atoms with Crippen LogP contribution in [-0.2, 0) is 22.6 Å². The highest BCUT2D eigenvalue weighted by Crippen LogP contribution is 2.35. The van der Waals surface area contributed by atoms with Crippen molar-refractivity contribution >= 4 is 23.1 Å². The normalized spacial score (nSPS) is 16.9. The van der Waals surface area contributed by atoms with Crippen LogP contribution in [0.15, 0.2) is 54.9 Å². The third-order valence-electron chi connectivity index (χ3n) is 7.26. The van der Waals surface area contributed by atoms with E-state index in [0.717, 1.165) is 55.4 Å². The molecule has 3 aliphatic rings. The first-order valence-corrected chi connectivity index (χ1v) is 13.2. The molecule has 2 N–H and O–H groups in total. The van der Waals surface area contributed by atoms with E-state index in [9.17, 15) is 9.18 Å². The number of anilines is 2. The van der Waals surface area contributed by atoms with E-state index in [-0.39, 0.29) is 11.7 Å². The predicted molar refractivity (Wildman–Crippen MR) is 145 cm³/mol. The number of carbonyl (C=O) groups is 1. The number of imidazole rings is 1. The molecule has 0 spiro atoms. The van der Waals surface area contributed by atoms with Crippen molar-refractivity contribution in [1.29, 1.82) is 0 Å². The van der Waals surface area contributed by atoms with Crippen molar-refractivity contribution in [3.05, 3.63) is 77.5 Å². The van der Waals surface area contributed by atoms with Gasteiger partial charge >= 0.3 is 0 Å². The number of pyridine rings is 2. The first kappa shape index (κ1) is 25.4. The average molecular weight is 531 g/mol. The molecule has 9 nitrogen and oxygen atoms in total. The van der Waals surface area contributed by atoms with Crippen LogP contribution in [-0.4, -0.2) is 64.7 Å². The van der Waals surface area contributed by atoms with Crippen LogP contribution in [0.5, 0.6) is 0 Å². The highest BCUT2D eigenvalue weighted by Gasteiger charge is 2.28. The van der Waals surface area contributed by atoms with Crippen LogP contribution >= 0.6 is 0 Å². The Balaban J connectivity index is 0.000000500. The summed E-state index contributed by atoms with van der Waals surface area (Å²) in [5.41, 5.74) is 5.32. The molecular weight excluding hydrogens is 499 g/mol. The van der Waals surface area contributed by atoms with E-state index in [0.29, 0.717) is 35.4 Å². The topological polar surface area (TPSA) is 93.0 Å². The lowest BCUT2D eigenvalue weighted by atomic mass is 9.99. The second-order valence-electron chi connectivity index (χ2n) is 9.92. The van der Waals surface area contributed by atoms with Crippen LogP contribution in [0.2, 0.25) is 0 Å². The zero-order valence-electron chi connectivity index (χ0n) is 21.8. The summed E-state index contributed by atoms with van der Waals surface area (Å²) in [5, 5.41) is 6.26. The number of rotatable bonds is 6. The van der Waals surface area contributed by atoms with Crippen LogP contribution in [0.3, 0.4) is 0 Å². The lowest BCUT2D eigenvalue weighted by Crippen LogP contribution is -2.51. The summed E-state index contributed by atoms with van der Waals surface area (Å²) in [4.78, 5) is 24.1. The van der Waals surface area contributed by atoms with Crippen molar-refractivity contribution in [2.75, 3.05) is 38.7 Å². The second kappa shape index (κ2) is 11.1. The molecule has 0 saturated carbocycles. The van der Waals surface area contributed by atoms with Gasteiger partial charge in [-0.25, -0.2) is 14.4 Å². The van der Waals surface area contributed by atoms with Crippen LogP contribution in [0.25, 0.3) is 16.9 Å². The third-order valence-corrected chi connectivity index (χ3v) is 7.26. The molecule has 6 heterocycles. The number of aromatic nitrogens is 3. The largest absolute Gasteiger partial charge is 0.381 e. The molecule has 4 aromatic rings. The molecule has 0 bridgehead atoms. The zero-order chi connectivity index (χ0) is 26.8. The quantitative estimate of drug-likeness (QED) is 0.387. The first-order valence-electron chi connectivity index (χ1n) is 13.2. The van der Waals surface area contributed by atoms with E-state index in [2.05, 4.69) is 20.5 Å². The van der Waals surface area contributed by atoms with Gasteiger partial charge in [0.2, 0.25) is 0 Å². The Bertz CT molecular complexity index is 1490. The van der Waals surface area contributed by atoms with Crippen LogP contribution < -0.4 is 10.6 Å². The number of benzene rings is 1. The number of ether oxygens (including phenoxy) is 2. The fourth-order valence-electron chi connectivity index (χ4n) is 5.16. The molecule has 2 saturated heterocycles. The number of methoxy groups -OCH3 is 1. The van der Waals surface area contributed by atoms with Gasteiger partial charge in [0, 0.05) is 64.3 Å². The summed E-state index contributed by atoms with van der Waals surface area (Å²) >= 11 is 0. The Morgan fingerprint density at radius 3 is 2.79 bits per heavy atom. The second-order valence-corrected chi connectivity index (χ2v) is 9.92. The highest BCUT2D eigenvalue weighted by atomic mass is 19.1. The van der Waals surface area contributed by atoms with Gasteiger partial charge in [0.25, 0.3) is 5.91 Å². The maximum absolute atomic E-state index is 13.6. The molecule has 39 heavy (non-hydrogen) atoms. The van der Waals surface area contributed by atoms with Gasteiger partial charge in [-0.2, -0.15) is 0 Å². The summed E-state index contributed by atoms with van der Waals surface area (Å²) < 4.78 is 25.7. The number of nitrogens with zero attached hydrogens (tertiary/aromatic N) is 4. The number of fused-ring (bicyclic) bond motifs is 2. The van der Waals surface area contributed by atoms with Gasteiger partial charge in [-0.05, 0) is 42.7 Å². The van der Waals surface area contributed by atoms with Gasteiger partial charge in [-0.3, -0.25) is 14.1 Å². The lowest BCUT2D eigenvalue weighted by Gasteiger charge is -2.37. The monoisotopic (exact) mass is 530 g/mol. The average Bonchev–Trinajstić information content (AvgIpc) is 3.69. The molecule has 10 heteroatoms. The molecule has 2 fully saturated rings. The van der Waals surface area contributed by atoms with Crippen molar-refractivity contribution in [3.8, 4) is 11.3 Å². The van der Waals surface area contributed by atoms with Gasteiger partial charge in [-0.15, -0.1) is 0 Å². The maximum Gasteiger partial charge on any atom is 0.254 e. The molecule has 1 amide bonds. The molecule has 3 aromatic heterocycles. The van der Waals surface area contributed by atoms with Crippen molar-refractivity contribution in [3.63, 3.8) is 0 Å². The van der Waals surface area contributed by atoms with E-state index < -0.39 is 0 Å². The van der Waals surface area contributed by atoms with Gasteiger partial charge in [0.05, 0.1) is 34.9 Å². The number of likely N-dealkylation sites (tertiary alicyclic amines) is 1. The Hall–Kier alpha value is -3.86. The maximum atomic E-state index is 13.6. The summed E-state index contributed by atoms with van der Waals surface area (Å²) in [5.74, 6) is 0.205. The summed E-state index contributed by atoms with van der Waals surface area (Å²) in [6, 6.07) is 12.5. The van der Waals surface area contributed by atoms with Crippen molar-refractivity contribution < 1.29 is 18.7 Å². The molecule has 7 rings (SSSR count). The third kappa shape index (κ3) is 5.36. The summed E-state index contributed by atoms with van der Waals surface area (Å²) in [6.45, 7) is 4.97. The van der Waals surface area contributed by atoms with Crippen LogP contribution in [0.4, 0.5) is 15.9 Å². The number of amides is 1. The number of hydrogen-bond donors (Lipinski definition) is 2. The Labute approximate surface area is 226 Å². The zero-order valence-corrected chi connectivity index (χ0v) is 21.8. The molecule has 0 unspecified atom stereocenters. The minimum Gasteiger partial charge on any atom is -0.381 e. The molecule has 0 radical (unpaired) electrons. The lowest BCUT2D eigenvalue weighted by molar-refractivity contribution is -0.0338. The number of hydrogen-bond acceptors (Lipinski definition) is 7. The van der Waals surface area contributed by atoms with E-state index >= 15 is 0 Å².